The average Bonchev–Trinajstić information content (AvgIpc) is 2.87. The van der Waals surface area contributed by atoms with Crippen LogP contribution < -0.4 is 4.74 Å². The fourth-order valence-electron chi connectivity index (χ4n) is 4.29. The van der Waals surface area contributed by atoms with Crippen LogP contribution in [0.4, 0.5) is 0 Å². The minimum absolute atomic E-state index is 0.522. The van der Waals surface area contributed by atoms with Crippen molar-refractivity contribution >= 4 is 0 Å². The molecule has 2 heterocycles. The number of likely N-dealkylation sites (tertiary alicyclic amines) is 2. The van der Waals surface area contributed by atoms with E-state index in [9.17, 15) is 0 Å². The van der Waals surface area contributed by atoms with Crippen molar-refractivity contribution < 1.29 is 9.47 Å². The number of benzene rings is 1. The minimum Gasteiger partial charge on any atom is -0.497 e. The van der Waals surface area contributed by atoms with E-state index in [1.54, 1.807) is 7.11 Å². The van der Waals surface area contributed by atoms with Crippen LogP contribution in [0.3, 0.4) is 0 Å². The number of nitrogens with zero attached hydrogens (tertiary/aromatic N) is 2. The highest BCUT2D eigenvalue weighted by Crippen LogP contribution is 2.43. The molecule has 0 saturated carbocycles. The summed E-state index contributed by atoms with van der Waals surface area (Å²) in [4.78, 5) is 5.10. The van der Waals surface area contributed by atoms with Crippen LogP contribution in [-0.4, -0.2) is 63.4 Å². The molecule has 0 amide bonds. The fraction of sp³-hybridized carbons (Fsp3) is 0.684. The van der Waals surface area contributed by atoms with E-state index in [0.717, 1.165) is 18.9 Å². The van der Waals surface area contributed by atoms with Crippen molar-refractivity contribution in [2.45, 2.75) is 31.8 Å². The van der Waals surface area contributed by atoms with Crippen LogP contribution in [-0.2, 0) is 11.3 Å². The van der Waals surface area contributed by atoms with E-state index in [4.69, 9.17) is 9.47 Å². The van der Waals surface area contributed by atoms with Crippen molar-refractivity contribution in [1.29, 1.82) is 0 Å². The number of hydrogen-bond donors (Lipinski definition) is 0. The lowest BCUT2D eigenvalue weighted by Gasteiger charge is -2.39. The molecule has 1 unspecified atom stereocenters. The van der Waals surface area contributed by atoms with Gasteiger partial charge in [0.15, 0.2) is 0 Å². The predicted octanol–water partition coefficient (Wildman–Crippen LogP) is 2.63. The van der Waals surface area contributed by atoms with E-state index in [2.05, 4.69) is 41.1 Å². The Morgan fingerprint density at radius 3 is 2.43 bits per heavy atom. The minimum atomic E-state index is 0.522. The van der Waals surface area contributed by atoms with E-state index in [0.29, 0.717) is 11.5 Å². The Kier molecular flexibility index (Phi) is 5.24. The molecule has 0 aliphatic carbocycles. The standard InChI is InChI=1S/C19H30N2O2/c1-20-15-19(12-17(20)14-22-2)8-10-21(11-9-19)13-16-4-6-18(23-3)7-5-16/h4-7,17H,8-15H2,1-3H3. The van der Waals surface area contributed by atoms with Crippen LogP contribution in [0, 0.1) is 5.41 Å². The van der Waals surface area contributed by atoms with E-state index < -0.39 is 0 Å². The first-order valence-corrected chi connectivity index (χ1v) is 8.69. The molecule has 4 nitrogen and oxygen atoms in total. The maximum atomic E-state index is 5.39. The van der Waals surface area contributed by atoms with Crippen LogP contribution in [0.1, 0.15) is 24.8 Å². The van der Waals surface area contributed by atoms with Crippen molar-refractivity contribution in [3.63, 3.8) is 0 Å². The summed E-state index contributed by atoms with van der Waals surface area (Å²) in [6.07, 6.45) is 3.93. The Labute approximate surface area is 140 Å². The second-order valence-corrected chi connectivity index (χ2v) is 7.35. The first-order valence-electron chi connectivity index (χ1n) is 8.69. The maximum absolute atomic E-state index is 5.39. The molecule has 2 aliphatic heterocycles. The molecule has 1 atom stereocenters. The lowest BCUT2D eigenvalue weighted by atomic mass is 9.76. The van der Waals surface area contributed by atoms with Gasteiger partial charge in [0.05, 0.1) is 13.7 Å². The average molecular weight is 318 g/mol. The summed E-state index contributed by atoms with van der Waals surface area (Å²) < 4.78 is 10.6. The van der Waals surface area contributed by atoms with Crippen molar-refractivity contribution in [2.75, 3.05) is 47.5 Å². The molecule has 3 rings (SSSR count). The summed E-state index contributed by atoms with van der Waals surface area (Å²) >= 11 is 0. The normalized spacial score (nSPS) is 25.1. The number of likely N-dealkylation sites (N-methyl/N-ethyl adjacent to an activating group) is 1. The summed E-state index contributed by atoms with van der Waals surface area (Å²) in [5.41, 5.74) is 1.90. The third-order valence-corrected chi connectivity index (χ3v) is 5.72. The fourth-order valence-corrected chi connectivity index (χ4v) is 4.29. The van der Waals surface area contributed by atoms with Crippen molar-refractivity contribution in [1.82, 2.24) is 9.80 Å². The number of rotatable bonds is 5. The van der Waals surface area contributed by atoms with Gasteiger partial charge in [-0.2, -0.15) is 0 Å². The van der Waals surface area contributed by atoms with Crippen molar-refractivity contribution in [3.05, 3.63) is 29.8 Å². The lowest BCUT2D eigenvalue weighted by Crippen LogP contribution is -2.40. The second kappa shape index (κ2) is 7.20. The third-order valence-electron chi connectivity index (χ3n) is 5.72. The van der Waals surface area contributed by atoms with Crippen LogP contribution in [0.25, 0.3) is 0 Å². The van der Waals surface area contributed by atoms with Gasteiger partial charge in [-0.25, -0.2) is 0 Å². The van der Waals surface area contributed by atoms with E-state index >= 15 is 0 Å². The SMILES string of the molecule is COCC1CC2(CCN(Cc3ccc(OC)cc3)CC2)CN1C. The molecule has 0 N–H and O–H groups in total. The Morgan fingerprint density at radius 2 is 1.83 bits per heavy atom. The topological polar surface area (TPSA) is 24.9 Å². The molecule has 1 aromatic rings. The highest BCUT2D eigenvalue weighted by molar-refractivity contribution is 5.27. The lowest BCUT2D eigenvalue weighted by molar-refractivity contribution is 0.105. The predicted molar refractivity (Wildman–Crippen MR) is 92.8 cm³/mol. The van der Waals surface area contributed by atoms with Gasteiger partial charge < -0.3 is 14.4 Å². The highest BCUT2D eigenvalue weighted by Gasteiger charge is 2.43. The van der Waals surface area contributed by atoms with Crippen LogP contribution in [0.15, 0.2) is 24.3 Å². The van der Waals surface area contributed by atoms with E-state index in [1.165, 1.54) is 44.5 Å². The number of methoxy groups -OCH3 is 2. The van der Waals surface area contributed by atoms with Crippen LogP contribution in [0.2, 0.25) is 0 Å². The Hall–Kier alpha value is -1.10. The maximum Gasteiger partial charge on any atom is 0.118 e. The van der Waals surface area contributed by atoms with Gasteiger partial charge in [-0.05, 0) is 62.5 Å². The molecule has 2 aliphatic rings. The Bertz CT molecular complexity index is 495. The first-order chi connectivity index (χ1) is 11.1. The molecule has 0 aromatic heterocycles. The summed E-state index contributed by atoms with van der Waals surface area (Å²) in [5.74, 6) is 0.935. The summed E-state index contributed by atoms with van der Waals surface area (Å²) in [7, 11) is 5.78. The van der Waals surface area contributed by atoms with Gasteiger partial charge in [0.25, 0.3) is 0 Å². The molecule has 4 heteroatoms. The molecule has 2 fully saturated rings. The zero-order valence-electron chi connectivity index (χ0n) is 14.8. The van der Waals surface area contributed by atoms with Crippen molar-refractivity contribution in [3.8, 4) is 5.75 Å². The zero-order valence-corrected chi connectivity index (χ0v) is 14.8. The van der Waals surface area contributed by atoms with E-state index in [-0.39, 0.29) is 0 Å². The number of ether oxygens (including phenoxy) is 2. The molecule has 0 bridgehead atoms. The van der Waals surface area contributed by atoms with E-state index in [1.807, 2.05) is 7.11 Å². The molecular weight excluding hydrogens is 288 g/mol. The van der Waals surface area contributed by atoms with Gasteiger partial charge in [-0.1, -0.05) is 12.1 Å². The Balaban J connectivity index is 1.52. The number of hydrogen-bond acceptors (Lipinski definition) is 4. The highest BCUT2D eigenvalue weighted by atomic mass is 16.5. The zero-order chi connectivity index (χ0) is 16.3. The largest absolute Gasteiger partial charge is 0.497 e. The summed E-state index contributed by atoms with van der Waals surface area (Å²) in [5, 5.41) is 0. The molecule has 23 heavy (non-hydrogen) atoms. The quantitative estimate of drug-likeness (QED) is 0.833. The van der Waals surface area contributed by atoms with Gasteiger partial charge in [0.1, 0.15) is 5.75 Å². The first kappa shape index (κ1) is 16.7. The molecule has 2 saturated heterocycles. The van der Waals surface area contributed by atoms with Crippen LogP contribution in [0.5, 0.6) is 5.75 Å². The molecule has 128 valence electrons. The third kappa shape index (κ3) is 3.87. The van der Waals surface area contributed by atoms with Gasteiger partial charge in [0, 0.05) is 26.2 Å². The van der Waals surface area contributed by atoms with Crippen LogP contribution >= 0.6 is 0 Å². The summed E-state index contributed by atoms with van der Waals surface area (Å²) in [6.45, 7) is 5.57. The van der Waals surface area contributed by atoms with Gasteiger partial charge >= 0.3 is 0 Å². The Morgan fingerprint density at radius 1 is 1.13 bits per heavy atom. The molecule has 0 radical (unpaired) electrons. The molecular formula is C19H30N2O2. The monoisotopic (exact) mass is 318 g/mol. The molecule has 1 aromatic carbocycles. The van der Waals surface area contributed by atoms with Gasteiger partial charge in [0.2, 0.25) is 0 Å². The van der Waals surface area contributed by atoms with Gasteiger partial charge in [-0.3, -0.25) is 4.90 Å². The second-order valence-electron chi connectivity index (χ2n) is 7.35. The van der Waals surface area contributed by atoms with Gasteiger partial charge in [-0.15, -0.1) is 0 Å². The summed E-state index contributed by atoms with van der Waals surface area (Å²) in [6, 6.07) is 9.08. The molecule has 1 spiro atoms. The smallest absolute Gasteiger partial charge is 0.118 e. The number of piperidine rings is 1. The van der Waals surface area contributed by atoms with Crippen molar-refractivity contribution in [2.24, 2.45) is 5.41 Å².